The van der Waals surface area contributed by atoms with Crippen LogP contribution in [0.3, 0.4) is 0 Å². The molecule has 6 nitrogen and oxygen atoms in total. The third-order valence-electron chi connectivity index (χ3n) is 4.54. The van der Waals surface area contributed by atoms with Crippen LogP contribution in [0.15, 0.2) is 42.5 Å². The molecule has 0 aromatic heterocycles. The number of nitrogens with one attached hydrogen (secondary N) is 1. The van der Waals surface area contributed by atoms with Gasteiger partial charge in [0, 0.05) is 31.0 Å². The van der Waals surface area contributed by atoms with Gasteiger partial charge in [-0.05, 0) is 36.9 Å². The van der Waals surface area contributed by atoms with Crippen molar-refractivity contribution in [1.29, 1.82) is 0 Å². The van der Waals surface area contributed by atoms with Gasteiger partial charge in [-0.2, -0.15) is 0 Å². The van der Waals surface area contributed by atoms with Gasteiger partial charge in [0.1, 0.15) is 6.61 Å². The zero-order chi connectivity index (χ0) is 20.4. The number of likely N-dealkylation sites (N-methyl/N-ethyl adjacent to an activating group) is 1. The second-order valence-electron chi connectivity index (χ2n) is 6.29. The van der Waals surface area contributed by atoms with E-state index in [4.69, 9.17) is 14.2 Å². The summed E-state index contributed by atoms with van der Waals surface area (Å²) in [5.74, 6) is 1.06. The van der Waals surface area contributed by atoms with E-state index in [0.29, 0.717) is 36.0 Å². The molecule has 0 radical (unpaired) electrons. The predicted octanol–water partition coefficient (Wildman–Crippen LogP) is 3.81. The van der Waals surface area contributed by atoms with Crippen LogP contribution in [0.5, 0.6) is 11.5 Å². The molecule has 0 aliphatic rings. The van der Waals surface area contributed by atoms with Gasteiger partial charge in [0.05, 0.1) is 13.7 Å². The third-order valence-corrected chi connectivity index (χ3v) is 4.54. The van der Waals surface area contributed by atoms with E-state index in [9.17, 15) is 4.79 Å². The van der Waals surface area contributed by atoms with Crippen molar-refractivity contribution in [2.45, 2.75) is 20.5 Å². The smallest absolute Gasteiger partial charge is 0.256 e. The van der Waals surface area contributed by atoms with E-state index in [1.807, 2.05) is 18.2 Å². The van der Waals surface area contributed by atoms with Crippen LogP contribution in [0.25, 0.3) is 0 Å². The van der Waals surface area contributed by atoms with E-state index >= 15 is 0 Å². The number of hydrogen-bond donors (Lipinski definition) is 1. The Morgan fingerprint density at radius 2 is 1.79 bits per heavy atom. The van der Waals surface area contributed by atoms with Gasteiger partial charge < -0.3 is 24.4 Å². The summed E-state index contributed by atoms with van der Waals surface area (Å²) in [6.07, 6.45) is 0. The van der Waals surface area contributed by atoms with Gasteiger partial charge in [-0.1, -0.05) is 32.0 Å². The van der Waals surface area contributed by atoms with E-state index in [-0.39, 0.29) is 5.91 Å². The molecule has 0 atom stereocenters. The number of hydrogen-bond acceptors (Lipinski definition) is 5. The normalized spacial score (nSPS) is 10.8. The molecular weight excluding hydrogens is 356 g/mol. The summed E-state index contributed by atoms with van der Waals surface area (Å²) in [6, 6.07) is 12.8. The number of ether oxygens (including phenoxy) is 3. The van der Waals surface area contributed by atoms with E-state index in [1.54, 1.807) is 38.5 Å². The second kappa shape index (κ2) is 11.3. The lowest BCUT2D eigenvalue weighted by Gasteiger charge is -2.19. The Hall–Kier alpha value is -2.57. The fraction of sp³-hybridized carbons (Fsp3) is 0.409. The van der Waals surface area contributed by atoms with Gasteiger partial charge in [-0.15, -0.1) is 0 Å². The van der Waals surface area contributed by atoms with Gasteiger partial charge in [0.15, 0.2) is 11.5 Å². The van der Waals surface area contributed by atoms with Crippen LogP contribution < -0.4 is 14.8 Å². The molecule has 28 heavy (non-hydrogen) atoms. The Kier molecular flexibility index (Phi) is 8.78. The molecule has 0 unspecified atom stereocenters. The van der Waals surface area contributed by atoms with Crippen molar-refractivity contribution in [3.63, 3.8) is 0 Å². The Morgan fingerprint density at radius 3 is 2.46 bits per heavy atom. The molecule has 0 heterocycles. The van der Waals surface area contributed by atoms with Crippen molar-refractivity contribution in [2.75, 3.05) is 45.8 Å². The minimum atomic E-state index is -0.188. The van der Waals surface area contributed by atoms with Crippen molar-refractivity contribution < 1.29 is 19.0 Å². The summed E-state index contributed by atoms with van der Waals surface area (Å²) < 4.78 is 16.5. The number of amides is 1. The van der Waals surface area contributed by atoms with Crippen LogP contribution in [0.1, 0.15) is 29.8 Å². The lowest BCUT2D eigenvalue weighted by Crippen LogP contribution is -2.28. The molecule has 2 rings (SSSR count). The quantitative estimate of drug-likeness (QED) is 0.636. The minimum Gasteiger partial charge on any atom is -0.493 e. The molecule has 0 spiro atoms. The van der Waals surface area contributed by atoms with Crippen molar-refractivity contribution in [3.8, 4) is 11.5 Å². The highest BCUT2D eigenvalue weighted by Crippen LogP contribution is 2.30. The monoisotopic (exact) mass is 386 g/mol. The van der Waals surface area contributed by atoms with Gasteiger partial charge in [0.2, 0.25) is 0 Å². The Labute approximate surface area is 167 Å². The van der Waals surface area contributed by atoms with Gasteiger partial charge in [-0.25, -0.2) is 0 Å². The van der Waals surface area contributed by atoms with Crippen LogP contribution in [0.2, 0.25) is 0 Å². The molecule has 152 valence electrons. The molecule has 1 amide bonds. The molecule has 1 N–H and O–H groups in total. The Balaban J connectivity index is 2.11. The highest BCUT2D eigenvalue weighted by atomic mass is 16.5. The second-order valence-corrected chi connectivity index (χ2v) is 6.29. The zero-order valence-electron chi connectivity index (χ0n) is 17.2. The Morgan fingerprint density at radius 1 is 1.04 bits per heavy atom. The average Bonchev–Trinajstić information content (AvgIpc) is 2.72. The number of carbonyl (C=O) groups excluding carboxylic acids is 1. The molecule has 0 bridgehead atoms. The van der Waals surface area contributed by atoms with Crippen LogP contribution >= 0.6 is 0 Å². The highest BCUT2D eigenvalue weighted by molar-refractivity contribution is 6.05. The minimum absolute atomic E-state index is 0.188. The number of carbonyl (C=O) groups is 1. The fourth-order valence-electron chi connectivity index (χ4n) is 2.91. The molecule has 0 saturated heterocycles. The largest absolute Gasteiger partial charge is 0.493 e. The van der Waals surface area contributed by atoms with E-state index in [2.05, 4.69) is 24.1 Å². The van der Waals surface area contributed by atoms with E-state index in [0.717, 1.165) is 25.2 Å². The van der Waals surface area contributed by atoms with Crippen molar-refractivity contribution in [2.24, 2.45) is 0 Å². The summed E-state index contributed by atoms with van der Waals surface area (Å²) in [6.45, 7) is 7.97. The number of anilines is 1. The summed E-state index contributed by atoms with van der Waals surface area (Å²) >= 11 is 0. The van der Waals surface area contributed by atoms with E-state index < -0.39 is 0 Å². The molecule has 2 aromatic rings. The van der Waals surface area contributed by atoms with Crippen molar-refractivity contribution >= 4 is 11.6 Å². The molecule has 2 aromatic carbocycles. The maximum Gasteiger partial charge on any atom is 0.256 e. The van der Waals surface area contributed by atoms with Gasteiger partial charge in [0.25, 0.3) is 5.91 Å². The molecule has 0 aliphatic heterocycles. The molecular formula is C22H30N2O4. The standard InChI is InChI=1S/C22H30N2O4/c1-5-24(6-2)13-14-28-21-15-18(11-12-20(21)27-4)23-22(25)19-10-8-7-9-17(19)16-26-3/h7-12,15H,5-6,13-14,16H2,1-4H3,(H,23,25). The van der Waals surface area contributed by atoms with E-state index in [1.165, 1.54) is 0 Å². The molecule has 0 fully saturated rings. The van der Waals surface area contributed by atoms with Gasteiger partial charge >= 0.3 is 0 Å². The summed E-state index contributed by atoms with van der Waals surface area (Å²) in [4.78, 5) is 15.0. The van der Waals surface area contributed by atoms with Crippen LogP contribution in [0.4, 0.5) is 5.69 Å². The number of methoxy groups -OCH3 is 2. The van der Waals surface area contributed by atoms with Gasteiger partial charge in [-0.3, -0.25) is 4.79 Å². The molecule has 6 heteroatoms. The first-order chi connectivity index (χ1) is 13.6. The van der Waals surface area contributed by atoms with Crippen molar-refractivity contribution in [1.82, 2.24) is 4.90 Å². The van der Waals surface area contributed by atoms with Crippen molar-refractivity contribution in [3.05, 3.63) is 53.6 Å². The van der Waals surface area contributed by atoms with Crippen LogP contribution in [-0.2, 0) is 11.3 Å². The summed E-state index contributed by atoms with van der Waals surface area (Å²) in [7, 11) is 3.21. The number of benzene rings is 2. The molecule has 0 saturated carbocycles. The number of nitrogens with zero attached hydrogens (tertiary/aromatic N) is 1. The maximum atomic E-state index is 12.7. The maximum absolute atomic E-state index is 12.7. The SMILES string of the molecule is CCN(CC)CCOc1cc(NC(=O)c2ccccc2COC)ccc1OC. The average molecular weight is 386 g/mol. The lowest BCUT2D eigenvalue weighted by molar-refractivity contribution is 0.102. The summed E-state index contributed by atoms with van der Waals surface area (Å²) in [5.41, 5.74) is 2.08. The number of rotatable bonds is 11. The third kappa shape index (κ3) is 5.97. The fourth-order valence-corrected chi connectivity index (χ4v) is 2.91. The van der Waals surface area contributed by atoms with Crippen LogP contribution in [-0.4, -0.2) is 51.3 Å². The predicted molar refractivity (Wildman–Crippen MR) is 111 cm³/mol. The topological polar surface area (TPSA) is 60.0 Å². The van der Waals surface area contributed by atoms with Crippen LogP contribution in [0, 0.1) is 0 Å². The summed E-state index contributed by atoms with van der Waals surface area (Å²) in [5, 5.41) is 2.93. The first-order valence-electron chi connectivity index (χ1n) is 9.54. The molecule has 0 aliphatic carbocycles. The lowest BCUT2D eigenvalue weighted by atomic mass is 10.1. The zero-order valence-corrected chi connectivity index (χ0v) is 17.2. The highest BCUT2D eigenvalue weighted by Gasteiger charge is 2.13. The first-order valence-corrected chi connectivity index (χ1v) is 9.54. The Bertz CT molecular complexity index is 760. The first kappa shape index (κ1) is 21.7.